The molecule has 1 aliphatic heterocycles. The molecule has 0 radical (unpaired) electrons. The number of nitrogens with one attached hydrogen (secondary N) is 1. The highest BCUT2D eigenvalue weighted by molar-refractivity contribution is 7.98. The summed E-state index contributed by atoms with van der Waals surface area (Å²) in [5.41, 5.74) is 1.15. The lowest BCUT2D eigenvalue weighted by atomic mass is 10.0. The molecule has 0 bridgehead atoms. The number of thioether (sulfide) groups is 1. The third-order valence-corrected chi connectivity index (χ3v) is 8.05. The first-order valence-electron chi connectivity index (χ1n) is 12.5. The SMILES string of the molecule is CC(C)(C)OC(=O)N1C[C@@H]2[C@H](C1)[C@H]2C(=O)NC(C)(C)c1ncc2c(SCc3ccccc3)cccn12. The van der Waals surface area contributed by atoms with Gasteiger partial charge < -0.3 is 19.4 Å². The molecule has 1 N–H and O–H groups in total. The average Bonchev–Trinajstić information content (AvgIpc) is 3.13. The number of pyridine rings is 1. The van der Waals surface area contributed by atoms with Crippen LogP contribution in [0.3, 0.4) is 0 Å². The lowest BCUT2D eigenvalue weighted by molar-refractivity contribution is -0.125. The highest BCUT2D eigenvalue weighted by Crippen LogP contribution is 2.52. The van der Waals surface area contributed by atoms with Gasteiger partial charge in [0.2, 0.25) is 5.91 Å². The predicted octanol–water partition coefficient (Wildman–Crippen LogP) is 5.09. The van der Waals surface area contributed by atoms with E-state index in [1.54, 1.807) is 16.7 Å². The second-order valence-electron chi connectivity index (χ2n) is 11.3. The van der Waals surface area contributed by atoms with Gasteiger partial charge in [-0.05, 0) is 64.2 Å². The molecule has 2 aliphatic rings. The van der Waals surface area contributed by atoms with Crippen molar-refractivity contribution in [3.63, 3.8) is 0 Å². The first-order valence-corrected chi connectivity index (χ1v) is 13.5. The molecule has 3 aromatic rings. The molecule has 1 aliphatic carbocycles. The van der Waals surface area contributed by atoms with E-state index < -0.39 is 11.1 Å². The fourth-order valence-corrected chi connectivity index (χ4v) is 6.14. The Morgan fingerprint density at radius 3 is 2.42 bits per heavy atom. The molecule has 0 spiro atoms. The first-order chi connectivity index (χ1) is 17.0. The van der Waals surface area contributed by atoms with Crippen molar-refractivity contribution in [1.29, 1.82) is 0 Å². The van der Waals surface area contributed by atoms with Crippen LogP contribution in [0, 0.1) is 17.8 Å². The van der Waals surface area contributed by atoms with Crippen LogP contribution in [-0.2, 0) is 20.8 Å². The van der Waals surface area contributed by atoms with Crippen LogP contribution in [0.2, 0.25) is 0 Å². The number of fused-ring (bicyclic) bond motifs is 2. The molecule has 1 aromatic carbocycles. The van der Waals surface area contributed by atoms with Crippen molar-refractivity contribution in [3.8, 4) is 0 Å². The number of hydrogen-bond donors (Lipinski definition) is 1. The number of amides is 2. The van der Waals surface area contributed by atoms with Gasteiger partial charge in [-0.25, -0.2) is 9.78 Å². The van der Waals surface area contributed by atoms with Crippen LogP contribution in [0.5, 0.6) is 0 Å². The van der Waals surface area contributed by atoms with E-state index in [1.165, 1.54) is 5.56 Å². The maximum Gasteiger partial charge on any atom is 0.410 e. The van der Waals surface area contributed by atoms with Gasteiger partial charge in [0, 0.05) is 35.9 Å². The molecule has 2 amide bonds. The van der Waals surface area contributed by atoms with Crippen molar-refractivity contribution in [2.75, 3.05) is 13.1 Å². The van der Waals surface area contributed by atoms with E-state index in [0.29, 0.717) is 13.1 Å². The fraction of sp³-hybridized carbons (Fsp3) is 0.464. The number of hydrogen-bond acceptors (Lipinski definition) is 5. The molecule has 5 rings (SSSR count). The summed E-state index contributed by atoms with van der Waals surface area (Å²) in [6.45, 7) is 10.7. The van der Waals surface area contributed by atoms with Gasteiger partial charge >= 0.3 is 6.09 Å². The maximum atomic E-state index is 13.2. The summed E-state index contributed by atoms with van der Waals surface area (Å²) in [7, 11) is 0. The van der Waals surface area contributed by atoms with Crippen molar-refractivity contribution < 1.29 is 14.3 Å². The van der Waals surface area contributed by atoms with Crippen molar-refractivity contribution in [3.05, 3.63) is 66.2 Å². The van der Waals surface area contributed by atoms with Gasteiger partial charge in [-0.15, -0.1) is 11.8 Å². The number of benzene rings is 1. The standard InChI is InChI=1S/C28H34N4O3S/c1-27(2,3)35-26(34)31-15-19-20(16-31)23(19)24(33)30-28(4,5)25-29-14-21-22(12-9-13-32(21)25)36-17-18-10-7-6-8-11-18/h6-14,19-20,23H,15-17H2,1-5H3,(H,30,33)/t19-,20+,23+. The molecular weight excluding hydrogens is 472 g/mol. The second kappa shape index (κ2) is 9.14. The molecule has 2 fully saturated rings. The Balaban J connectivity index is 1.23. The van der Waals surface area contributed by atoms with E-state index in [-0.39, 0.29) is 29.8 Å². The Morgan fingerprint density at radius 2 is 1.75 bits per heavy atom. The molecule has 190 valence electrons. The molecule has 2 aromatic heterocycles. The number of likely N-dealkylation sites (tertiary alicyclic amines) is 1. The Kier molecular flexibility index (Phi) is 6.27. The molecule has 7 nitrogen and oxygen atoms in total. The van der Waals surface area contributed by atoms with E-state index in [4.69, 9.17) is 9.72 Å². The molecular formula is C28H34N4O3S. The van der Waals surface area contributed by atoms with Crippen LogP contribution >= 0.6 is 11.8 Å². The van der Waals surface area contributed by atoms with E-state index in [2.05, 4.69) is 40.0 Å². The highest BCUT2D eigenvalue weighted by atomic mass is 32.2. The average molecular weight is 507 g/mol. The van der Waals surface area contributed by atoms with Crippen LogP contribution in [0.15, 0.2) is 59.8 Å². The third kappa shape index (κ3) is 4.96. The summed E-state index contributed by atoms with van der Waals surface area (Å²) in [6, 6.07) is 14.5. The smallest absolute Gasteiger partial charge is 0.410 e. The van der Waals surface area contributed by atoms with Gasteiger partial charge in [-0.1, -0.05) is 30.3 Å². The molecule has 1 saturated heterocycles. The van der Waals surface area contributed by atoms with Gasteiger partial charge in [0.15, 0.2) is 0 Å². The zero-order chi connectivity index (χ0) is 25.7. The summed E-state index contributed by atoms with van der Waals surface area (Å²) in [5, 5.41) is 3.24. The van der Waals surface area contributed by atoms with Crippen molar-refractivity contribution in [2.45, 2.75) is 56.4 Å². The summed E-state index contributed by atoms with van der Waals surface area (Å²) in [6.07, 6.45) is 3.60. The quantitative estimate of drug-likeness (QED) is 0.471. The predicted molar refractivity (Wildman–Crippen MR) is 141 cm³/mol. The highest BCUT2D eigenvalue weighted by Gasteiger charge is 2.61. The Morgan fingerprint density at radius 1 is 1.06 bits per heavy atom. The minimum atomic E-state index is -0.645. The van der Waals surface area contributed by atoms with Gasteiger partial charge in [0.05, 0.1) is 17.3 Å². The summed E-state index contributed by atoms with van der Waals surface area (Å²) in [5.74, 6) is 2.05. The fourth-order valence-electron chi connectivity index (χ4n) is 5.15. The van der Waals surface area contributed by atoms with Gasteiger partial charge in [0.1, 0.15) is 11.4 Å². The number of nitrogens with zero attached hydrogens (tertiary/aromatic N) is 3. The molecule has 3 atom stereocenters. The lowest BCUT2D eigenvalue weighted by Gasteiger charge is -2.27. The van der Waals surface area contributed by atoms with Crippen molar-refractivity contribution in [1.82, 2.24) is 19.6 Å². The molecule has 3 heterocycles. The van der Waals surface area contributed by atoms with E-state index >= 15 is 0 Å². The van der Waals surface area contributed by atoms with E-state index in [1.807, 2.05) is 59.1 Å². The molecule has 1 saturated carbocycles. The topological polar surface area (TPSA) is 75.9 Å². The van der Waals surface area contributed by atoms with Gasteiger partial charge in [-0.2, -0.15) is 0 Å². The number of aromatic nitrogens is 2. The largest absolute Gasteiger partial charge is 0.444 e. The monoisotopic (exact) mass is 506 g/mol. The number of carbonyl (C=O) groups excluding carboxylic acids is 2. The second-order valence-corrected chi connectivity index (χ2v) is 12.4. The number of imidazole rings is 1. The first kappa shape index (κ1) is 24.7. The molecule has 0 unspecified atom stereocenters. The number of piperidine rings is 1. The summed E-state index contributed by atoms with van der Waals surface area (Å²) < 4.78 is 7.56. The normalized spacial score (nSPS) is 21.4. The van der Waals surface area contributed by atoms with Gasteiger partial charge in [0.25, 0.3) is 0 Å². The number of carbonyl (C=O) groups is 2. The number of ether oxygens (including phenoxy) is 1. The summed E-state index contributed by atoms with van der Waals surface area (Å²) in [4.78, 5) is 33.2. The minimum Gasteiger partial charge on any atom is -0.444 e. The van der Waals surface area contributed by atoms with Crippen LogP contribution in [0.25, 0.3) is 5.52 Å². The zero-order valence-electron chi connectivity index (χ0n) is 21.5. The molecule has 8 heteroatoms. The van der Waals surface area contributed by atoms with Crippen molar-refractivity contribution in [2.24, 2.45) is 17.8 Å². The Hall–Kier alpha value is -3.00. The minimum absolute atomic E-state index is 0.0326. The Bertz CT molecular complexity index is 1270. The van der Waals surface area contributed by atoms with Crippen LogP contribution < -0.4 is 5.32 Å². The maximum absolute atomic E-state index is 13.2. The zero-order valence-corrected chi connectivity index (χ0v) is 22.3. The summed E-state index contributed by atoms with van der Waals surface area (Å²) >= 11 is 1.78. The van der Waals surface area contributed by atoms with Gasteiger partial charge in [-0.3, -0.25) is 4.79 Å². The number of rotatable bonds is 6. The van der Waals surface area contributed by atoms with Crippen molar-refractivity contribution >= 4 is 29.3 Å². The third-order valence-electron chi connectivity index (χ3n) is 6.91. The Labute approximate surface area is 216 Å². The van der Waals surface area contributed by atoms with Crippen LogP contribution in [0.1, 0.15) is 46.0 Å². The van der Waals surface area contributed by atoms with E-state index in [0.717, 1.165) is 22.0 Å². The molecule has 36 heavy (non-hydrogen) atoms. The van der Waals surface area contributed by atoms with E-state index in [9.17, 15) is 9.59 Å². The lowest BCUT2D eigenvalue weighted by Crippen LogP contribution is -2.45. The van der Waals surface area contributed by atoms with Crippen LogP contribution in [0.4, 0.5) is 4.79 Å². The van der Waals surface area contributed by atoms with Crippen LogP contribution in [-0.4, -0.2) is 45.0 Å².